The normalized spacial score (nSPS) is 16.1. The van der Waals surface area contributed by atoms with E-state index in [2.05, 4.69) is 56.9 Å². The van der Waals surface area contributed by atoms with Gasteiger partial charge in [-0.15, -0.1) is 0 Å². The Balaban J connectivity index is 1.81. The number of nitrogens with one attached hydrogen (secondary N) is 1. The Kier molecular flexibility index (Phi) is 8.31. The predicted octanol–water partition coefficient (Wildman–Crippen LogP) is 8.64. The number of unbranched alkanes of at least 4 members (excludes halogenated alkanes) is 1. The highest BCUT2D eigenvalue weighted by Crippen LogP contribution is 2.54. The Morgan fingerprint density at radius 1 is 0.879 bits per heavy atom. The van der Waals surface area contributed by atoms with Crippen molar-refractivity contribution in [2.24, 2.45) is 11.8 Å². The fraction of sp³-hybridized carbons (Fsp3) is 0.517. The highest BCUT2D eigenvalue weighted by atomic mass is 19.4. The topological polar surface area (TPSA) is 12.0 Å². The standard InChI is InChI=1S/C29H38F3N/c1-5-21(2)17-18-22(3)12-10-11-19-28(23(4)33-20-29(30,31)32)26-15-8-6-13-24(26)25-14-7-9-16-27(25)28/h6-9,13-16,21-22,33H,4-5,10-12,17-20H2,1-3H3. The zero-order valence-electron chi connectivity index (χ0n) is 20.3. The minimum Gasteiger partial charge on any atom is -0.379 e. The SMILES string of the molecule is C=C(NCC(F)(F)F)C1(CCCCC(C)CCC(C)CC)c2ccccc2-c2ccccc21. The zero-order valence-corrected chi connectivity index (χ0v) is 20.3. The van der Waals surface area contributed by atoms with Crippen molar-refractivity contribution in [3.8, 4) is 11.1 Å². The van der Waals surface area contributed by atoms with Crippen molar-refractivity contribution in [3.05, 3.63) is 71.9 Å². The molecular weight excluding hydrogens is 419 g/mol. The van der Waals surface area contributed by atoms with Gasteiger partial charge in [0, 0.05) is 5.70 Å². The number of allylic oxidation sites excluding steroid dienone is 1. The molecule has 0 saturated carbocycles. The first-order valence-corrected chi connectivity index (χ1v) is 12.4. The lowest BCUT2D eigenvalue weighted by atomic mass is 9.71. The van der Waals surface area contributed by atoms with Crippen LogP contribution in [0.5, 0.6) is 0 Å². The summed E-state index contributed by atoms with van der Waals surface area (Å²) in [4.78, 5) is 0. The van der Waals surface area contributed by atoms with Gasteiger partial charge in [0.1, 0.15) is 6.54 Å². The highest BCUT2D eigenvalue weighted by Gasteiger charge is 2.45. The van der Waals surface area contributed by atoms with E-state index in [9.17, 15) is 13.2 Å². The molecule has 0 saturated heterocycles. The van der Waals surface area contributed by atoms with Gasteiger partial charge in [-0.1, -0.05) is 114 Å². The molecule has 2 unspecified atom stereocenters. The van der Waals surface area contributed by atoms with Gasteiger partial charge in [-0.3, -0.25) is 0 Å². The van der Waals surface area contributed by atoms with E-state index in [4.69, 9.17) is 0 Å². The van der Waals surface area contributed by atoms with Crippen molar-refractivity contribution in [1.82, 2.24) is 5.32 Å². The van der Waals surface area contributed by atoms with Gasteiger partial charge in [-0.2, -0.15) is 13.2 Å². The van der Waals surface area contributed by atoms with E-state index >= 15 is 0 Å². The third-order valence-corrected chi connectivity index (χ3v) is 7.43. The smallest absolute Gasteiger partial charge is 0.379 e. The third-order valence-electron chi connectivity index (χ3n) is 7.43. The monoisotopic (exact) mass is 457 g/mol. The second-order valence-electron chi connectivity index (χ2n) is 9.89. The average molecular weight is 458 g/mol. The highest BCUT2D eigenvalue weighted by molar-refractivity contribution is 5.82. The van der Waals surface area contributed by atoms with Crippen molar-refractivity contribution >= 4 is 0 Å². The maximum Gasteiger partial charge on any atom is 0.405 e. The van der Waals surface area contributed by atoms with Crippen LogP contribution < -0.4 is 5.32 Å². The molecule has 2 atom stereocenters. The molecule has 0 aromatic heterocycles. The van der Waals surface area contributed by atoms with Gasteiger partial charge in [0.15, 0.2) is 0 Å². The van der Waals surface area contributed by atoms with Gasteiger partial charge in [0.05, 0.1) is 5.41 Å². The van der Waals surface area contributed by atoms with Gasteiger partial charge >= 0.3 is 6.18 Å². The molecule has 1 aliphatic rings. The Bertz CT molecular complexity index is 885. The molecule has 4 heteroatoms. The summed E-state index contributed by atoms with van der Waals surface area (Å²) in [7, 11) is 0. The largest absolute Gasteiger partial charge is 0.405 e. The van der Waals surface area contributed by atoms with Crippen LogP contribution in [0.25, 0.3) is 11.1 Å². The average Bonchev–Trinajstić information content (AvgIpc) is 3.09. The molecule has 0 fully saturated rings. The van der Waals surface area contributed by atoms with Crippen LogP contribution >= 0.6 is 0 Å². The van der Waals surface area contributed by atoms with Crippen molar-refractivity contribution in [2.45, 2.75) is 77.3 Å². The van der Waals surface area contributed by atoms with Crippen molar-refractivity contribution in [1.29, 1.82) is 0 Å². The number of benzene rings is 2. The predicted molar refractivity (Wildman–Crippen MR) is 132 cm³/mol. The second kappa shape index (κ2) is 10.8. The zero-order chi connectivity index (χ0) is 24.1. The summed E-state index contributed by atoms with van der Waals surface area (Å²) in [6.45, 7) is 9.98. The van der Waals surface area contributed by atoms with Crippen LogP contribution in [0.15, 0.2) is 60.8 Å². The summed E-state index contributed by atoms with van der Waals surface area (Å²) in [6.07, 6.45) is 3.37. The lowest BCUT2D eigenvalue weighted by molar-refractivity contribution is -0.123. The maximum atomic E-state index is 13.1. The first-order valence-electron chi connectivity index (χ1n) is 12.4. The summed E-state index contributed by atoms with van der Waals surface area (Å²) < 4.78 is 39.2. The molecule has 2 aromatic rings. The van der Waals surface area contributed by atoms with E-state index in [1.54, 1.807) is 0 Å². The number of hydrogen-bond acceptors (Lipinski definition) is 1. The van der Waals surface area contributed by atoms with Crippen LogP contribution in [0.1, 0.15) is 76.8 Å². The van der Waals surface area contributed by atoms with E-state index in [1.165, 1.54) is 19.3 Å². The van der Waals surface area contributed by atoms with Crippen LogP contribution in [-0.2, 0) is 5.41 Å². The van der Waals surface area contributed by atoms with Gasteiger partial charge in [-0.05, 0) is 40.5 Å². The van der Waals surface area contributed by atoms with Gasteiger partial charge < -0.3 is 5.32 Å². The van der Waals surface area contributed by atoms with Crippen molar-refractivity contribution < 1.29 is 13.2 Å². The Labute approximate surface area is 197 Å². The molecule has 0 spiro atoms. The minimum absolute atomic E-state index is 0.446. The first kappa shape index (κ1) is 25.4. The molecule has 33 heavy (non-hydrogen) atoms. The first-order chi connectivity index (χ1) is 15.7. The molecule has 0 radical (unpaired) electrons. The molecule has 2 aromatic carbocycles. The van der Waals surface area contributed by atoms with E-state index < -0.39 is 18.1 Å². The van der Waals surface area contributed by atoms with Crippen LogP contribution in [0.4, 0.5) is 13.2 Å². The molecule has 1 nitrogen and oxygen atoms in total. The summed E-state index contributed by atoms with van der Waals surface area (Å²) in [6, 6.07) is 16.2. The van der Waals surface area contributed by atoms with Gasteiger partial charge in [-0.25, -0.2) is 0 Å². The fourth-order valence-corrected chi connectivity index (χ4v) is 5.23. The molecule has 1 N–H and O–H groups in total. The Hall–Kier alpha value is -2.23. The molecular formula is C29H38F3N. The number of rotatable bonds is 12. The molecule has 0 heterocycles. The number of hydrogen-bond donors (Lipinski definition) is 1. The van der Waals surface area contributed by atoms with E-state index in [0.29, 0.717) is 11.6 Å². The number of halogens is 3. The maximum absolute atomic E-state index is 13.1. The molecule has 0 amide bonds. The summed E-state index contributed by atoms with van der Waals surface area (Å²) in [5.74, 6) is 1.44. The molecule has 1 aliphatic carbocycles. The van der Waals surface area contributed by atoms with E-state index in [0.717, 1.165) is 53.9 Å². The van der Waals surface area contributed by atoms with Crippen molar-refractivity contribution in [3.63, 3.8) is 0 Å². The molecule has 180 valence electrons. The molecule has 0 bridgehead atoms. The van der Waals surface area contributed by atoms with Crippen LogP contribution in [0.3, 0.4) is 0 Å². The third kappa shape index (κ3) is 5.83. The quantitative estimate of drug-likeness (QED) is 0.315. The van der Waals surface area contributed by atoms with E-state index in [1.807, 2.05) is 24.3 Å². The van der Waals surface area contributed by atoms with Gasteiger partial charge in [0.2, 0.25) is 0 Å². The number of alkyl halides is 3. The summed E-state index contributed by atoms with van der Waals surface area (Å²) in [5, 5.41) is 2.66. The lowest BCUT2D eigenvalue weighted by Gasteiger charge is -2.35. The molecule has 0 aliphatic heterocycles. The summed E-state index contributed by atoms with van der Waals surface area (Å²) in [5.41, 5.74) is 4.14. The van der Waals surface area contributed by atoms with Crippen LogP contribution in [0.2, 0.25) is 0 Å². The van der Waals surface area contributed by atoms with Crippen LogP contribution in [0, 0.1) is 11.8 Å². The Morgan fingerprint density at radius 3 is 1.97 bits per heavy atom. The fourth-order valence-electron chi connectivity index (χ4n) is 5.23. The minimum atomic E-state index is -4.28. The van der Waals surface area contributed by atoms with Crippen molar-refractivity contribution in [2.75, 3.05) is 6.54 Å². The van der Waals surface area contributed by atoms with Gasteiger partial charge in [0.25, 0.3) is 0 Å². The molecule has 3 rings (SSSR count). The lowest BCUT2D eigenvalue weighted by Crippen LogP contribution is -2.39. The second-order valence-corrected chi connectivity index (χ2v) is 9.89. The van der Waals surface area contributed by atoms with Crippen LogP contribution in [-0.4, -0.2) is 12.7 Å². The Morgan fingerprint density at radius 2 is 1.42 bits per heavy atom. The van der Waals surface area contributed by atoms with E-state index in [-0.39, 0.29) is 0 Å². The summed E-state index contributed by atoms with van der Waals surface area (Å²) >= 11 is 0. The number of fused-ring (bicyclic) bond motifs is 3.